The Hall–Kier alpha value is -1.95. The Morgan fingerprint density at radius 1 is 1.00 bits per heavy atom. The van der Waals surface area contributed by atoms with Crippen molar-refractivity contribution in [2.24, 2.45) is 0 Å². The van der Waals surface area contributed by atoms with Crippen LogP contribution < -0.4 is 10.6 Å². The van der Waals surface area contributed by atoms with E-state index in [9.17, 15) is 35.9 Å². The summed E-state index contributed by atoms with van der Waals surface area (Å²) in [5.41, 5.74) is -1.42. The molecule has 0 aromatic heterocycles. The van der Waals surface area contributed by atoms with Crippen molar-refractivity contribution in [3.05, 3.63) is 72.6 Å². The molecule has 2 N–H and O–H groups in total. The minimum absolute atomic E-state index is 0.00364. The first-order valence-corrected chi connectivity index (χ1v) is 12.3. The standard InChI is InChI=1S/C23H16BrCl3F6N2O2/c24-15-7-11(2-4-14(23(31,32)33)13-8-17(26)18(27)9-16(13)25)1-3-12(15)19(36)35-21(5-6-21)20(37)34-10-22(28,29)30/h1-4,7-9,14H,5-6,10H2,(H,34,37)(H,35,36)/b4-2+. The minimum Gasteiger partial charge on any atom is -0.345 e. The zero-order valence-electron chi connectivity index (χ0n) is 18.3. The molecular formula is C23H16BrCl3F6N2O2. The maximum atomic E-state index is 13.8. The molecule has 2 aromatic rings. The van der Waals surface area contributed by atoms with Crippen molar-refractivity contribution in [2.45, 2.75) is 36.7 Å². The zero-order valence-corrected chi connectivity index (χ0v) is 22.2. The van der Waals surface area contributed by atoms with E-state index in [4.69, 9.17) is 34.8 Å². The van der Waals surface area contributed by atoms with Gasteiger partial charge in [-0.25, -0.2) is 0 Å². The first kappa shape index (κ1) is 29.6. The van der Waals surface area contributed by atoms with Crippen molar-refractivity contribution in [2.75, 3.05) is 6.54 Å². The highest BCUT2D eigenvalue weighted by atomic mass is 79.9. The van der Waals surface area contributed by atoms with Gasteiger partial charge in [0.05, 0.1) is 21.5 Å². The molecule has 4 nitrogen and oxygen atoms in total. The van der Waals surface area contributed by atoms with Crippen LogP contribution in [0.25, 0.3) is 6.08 Å². The van der Waals surface area contributed by atoms with Crippen LogP contribution in [0.3, 0.4) is 0 Å². The molecule has 3 rings (SSSR count). The quantitative estimate of drug-likeness (QED) is 0.238. The van der Waals surface area contributed by atoms with Crippen LogP contribution >= 0.6 is 50.7 Å². The highest BCUT2D eigenvalue weighted by Crippen LogP contribution is 2.42. The minimum atomic E-state index is -4.71. The van der Waals surface area contributed by atoms with Gasteiger partial charge in [0.15, 0.2) is 0 Å². The van der Waals surface area contributed by atoms with Crippen molar-refractivity contribution in [3.8, 4) is 0 Å². The van der Waals surface area contributed by atoms with Gasteiger partial charge in [-0.05, 0) is 64.2 Å². The van der Waals surface area contributed by atoms with Crippen LogP contribution in [0.2, 0.25) is 15.1 Å². The molecule has 1 fully saturated rings. The Balaban J connectivity index is 1.77. The van der Waals surface area contributed by atoms with Gasteiger partial charge in [-0.3, -0.25) is 9.59 Å². The molecule has 1 aliphatic rings. The van der Waals surface area contributed by atoms with Gasteiger partial charge in [0.25, 0.3) is 5.91 Å². The molecule has 1 atom stereocenters. The van der Waals surface area contributed by atoms with Crippen molar-refractivity contribution in [1.82, 2.24) is 10.6 Å². The molecule has 0 spiro atoms. The van der Waals surface area contributed by atoms with Gasteiger partial charge in [-0.2, -0.15) is 26.3 Å². The molecule has 0 bridgehead atoms. The molecular weight excluding hydrogens is 637 g/mol. The van der Waals surface area contributed by atoms with E-state index in [1.807, 2.05) is 0 Å². The largest absolute Gasteiger partial charge is 0.405 e. The first-order valence-electron chi connectivity index (χ1n) is 10.4. The summed E-state index contributed by atoms with van der Waals surface area (Å²) in [7, 11) is 0. The van der Waals surface area contributed by atoms with Gasteiger partial charge < -0.3 is 10.6 Å². The number of carbonyl (C=O) groups is 2. The van der Waals surface area contributed by atoms with Crippen LogP contribution in [-0.2, 0) is 4.79 Å². The lowest BCUT2D eigenvalue weighted by Crippen LogP contribution is -2.50. The van der Waals surface area contributed by atoms with Gasteiger partial charge in [0.1, 0.15) is 12.1 Å². The van der Waals surface area contributed by atoms with Gasteiger partial charge in [0.2, 0.25) is 5.91 Å². The van der Waals surface area contributed by atoms with E-state index >= 15 is 0 Å². The average Bonchev–Trinajstić information content (AvgIpc) is 3.54. The number of rotatable bonds is 7. The van der Waals surface area contributed by atoms with Gasteiger partial charge >= 0.3 is 12.4 Å². The van der Waals surface area contributed by atoms with Gasteiger partial charge in [-0.15, -0.1) is 0 Å². The van der Waals surface area contributed by atoms with Crippen LogP contribution in [0.15, 0.2) is 40.9 Å². The Labute approximate surface area is 230 Å². The summed E-state index contributed by atoms with van der Waals surface area (Å²) in [5, 5.41) is 3.88. The van der Waals surface area contributed by atoms with Crippen LogP contribution in [0.4, 0.5) is 26.3 Å². The molecule has 1 unspecified atom stereocenters. The number of carbonyl (C=O) groups excluding carboxylic acids is 2. The number of amides is 2. The number of hydrogen-bond acceptors (Lipinski definition) is 2. The molecule has 0 heterocycles. The smallest absolute Gasteiger partial charge is 0.345 e. The Bertz CT molecular complexity index is 1250. The summed E-state index contributed by atoms with van der Waals surface area (Å²) < 4.78 is 78.6. The van der Waals surface area contributed by atoms with E-state index in [2.05, 4.69) is 21.2 Å². The molecule has 200 valence electrons. The molecule has 0 radical (unpaired) electrons. The van der Waals surface area contributed by atoms with Gasteiger partial charge in [-0.1, -0.05) is 53.0 Å². The van der Waals surface area contributed by atoms with E-state index in [-0.39, 0.29) is 49.1 Å². The van der Waals surface area contributed by atoms with Crippen LogP contribution in [-0.4, -0.2) is 36.3 Å². The van der Waals surface area contributed by atoms with Crippen LogP contribution in [0, 0.1) is 0 Å². The maximum absolute atomic E-state index is 13.8. The topological polar surface area (TPSA) is 58.2 Å². The van der Waals surface area contributed by atoms with Crippen LogP contribution in [0.1, 0.15) is 40.2 Å². The highest BCUT2D eigenvalue weighted by Gasteiger charge is 2.52. The third-order valence-electron chi connectivity index (χ3n) is 5.43. The monoisotopic (exact) mass is 650 g/mol. The third-order valence-corrected chi connectivity index (χ3v) is 7.14. The third kappa shape index (κ3) is 7.55. The van der Waals surface area contributed by atoms with E-state index in [0.29, 0.717) is 0 Å². The molecule has 1 aliphatic carbocycles. The number of hydrogen-bond donors (Lipinski definition) is 2. The molecule has 37 heavy (non-hydrogen) atoms. The number of benzene rings is 2. The normalized spacial score (nSPS) is 15.9. The lowest BCUT2D eigenvalue weighted by Gasteiger charge is -2.19. The van der Waals surface area contributed by atoms with Crippen molar-refractivity contribution < 1.29 is 35.9 Å². The van der Waals surface area contributed by atoms with E-state index in [0.717, 1.165) is 18.2 Å². The summed E-state index contributed by atoms with van der Waals surface area (Å²) in [6.45, 7) is -1.53. The summed E-state index contributed by atoms with van der Waals surface area (Å²) in [4.78, 5) is 24.8. The molecule has 2 aromatic carbocycles. The fourth-order valence-corrected chi connectivity index (χ4v) is 4.61. The number of halogens is 10. The Morgan fingerprint density at radius 3 is 2.16 bits per heavy atom. The molecule has 1 saturated carbocycles. The van der Waals surface area contributed by atoms with Crippen molar-refractivity contribution in [1.29, 1.82) is 0 Å². The first-order chi connectivity index (χ1) is 17.0. The SMILES string of the molecule is O=C(NC1(C(=O)NCC(F)(F)F)CC1)c1ccc(/C=C/C(c2cc(Cl)c(Cl)cc2Cl)C(F)(F)F)cc1Br. The predicted octanol–water partition coefficient (Wildman–Crippen LogP) is 7.71. The zero-order chi connectivity index (χ0) is 27.8. The molecule has 0 aliphatic heterocycles. The number of nitrogens with one attached hydrogen (secondary N) is 2. The summed E-state index contributed by atoms with van der Waals surface area (Å²) in [6, 6.07) is 6.20. The van der Waals surface area contributed by atoms with E-state index in [1.54, 1.807) is 5.32 Å². The molecule has 0 saturated heterocycles. The summed E-state index contributed by atoms with van der Waals surface area (Å²) in [6.07, 6.45) is -6.93. The predicted molar refractivity (Wildman–Crippen MR) is 132 cm³/mol. The Morgan fingerprint density at radius 2 is 1.62 bits per heavy atom. The van der Waals surface area contributed by atoms with E-state index < -0.39 is 42.2 Å². The average molecular weight is 653 g/mol. The second kappa shape index (κ2) is 11.0. The maximum Gasteiger partial charge on any atom is 0.405 e. The lowest BCUT2D eigenvalue weighted by molar-refractivity contribution is -0.140. The highest BCUT2D eigenvalue weighted by molar-refractivity contribution is 9.10. The van der Waals surface area contributed by atoms with Gasteiger partial charge in [0, 0.05) is 9.50 Å². The molecule has 2 amide bonds. The fraction of sp³-hybridized carbons (Fsp3) is 0.304. The summed E-state index contributed by atoms with van der Waals surface area (Å²) in [5.74, 6) is -3.80. The van der Waals surface area contributed by atoms with Crippen molar-refractivity contribution in [3.63, 3.8) is 0 Å². The number of allylic oxidation sites excluding steroid dienone is 1. The summed E-state index contributed by atoms with van der Waals surface area (Å²) >= 11 is 20.8. The molecule has 14 heteroatoms. The fourth-order valence-electron chi connectivity index (χ4n) is 3.36. The Kier molecular flexibility index (Phi) is 8.83. The second-order valence-corrected chi connectivity index (χ2v) is 10.3. The van der Waals surface area contributed by atoms with E-state index in [1.165, 1.54) is 24.3 Å². The van der Waals surface area contributed by atoms with Crippen LogP contribution in [0.5, 0.6) is 0 Å². The second-order valence-electron chi connectivity index (χ2n) is 8.24. The van der Waals surface area contributed by atoms with Crippen molar-refractivity contribution >= 4 is 68.6 Å². The number of alkyl halides is 6. The lowest BCUT2D eigenvalue weighted by atomic mass is 9.96.